The summed E-state index contributed by atoms with van der Waals surface area (Å²) in [6.45, 7) is 3.96. The number of pyridine rings is 1. The fourth-order valence-electron chi connectivity index (χ4n) is 3.93. The number of carbonyl (C=O) groups is 2. The van der Waals surface area contributed by atoms with Crippen LogP contribution in [0.5, 0.6) is 11.6 Å². The van der Waals surface area contributed by atoms with Gasteiger partial charge in [-0.25, -0.2) is 14.2 Å². The molecule has 1 aromatic heterocycles. The highest BCUT2D eigenvalue weighted by Crippen LogP contribution is 2.34. The van der Waals surface area contributed by atoms with E-state index in [-0.39, 0.29) is 29.0 Å². The zero-order valence-corrected chi connectivity index (χ0v) is 19.9. The Kier molecular flexibility index (Phi) is 7.44. The number of halogens is 1. The SMILES string of the molecule is CCOc1nccc2c(C(=O)c3cc(OCc4ccccc4)c(C(C)OC(N)=O)cc3F)cccc12. The molecule has 1 amide bonds. The maximum atomic E-state index is 15.3. The van der Waals surface area contributed by atoms with E-state index < -0.39 is 23.8 Å². The lowest BCUT2D eigenvalue weighted by Crippen LogP contribution is -2.17. The molecule has 0 saturated heterocycles. The topological polar surface area (TPSA) is 101 Å². The van der Waals surface area contributed by atoms with E-state index in [1.54, 1.807) is 37.4 Å². The van der Waals surface area contributed by atoms with Crippen molar-refractivity contribution in [1.29, 1.82) is 0 Å². The van der Waals surface area contributed by atoms with E-state index in [9.17, 15) is 9.59 Å². The minimum Gasteiger partial charge on any atom is -0.488 e. The maximum Gasteiger partial charge on any atom is 0.405 e. The van der Waals surface area contributed by atoms with Crippen molar-refractivity contribution in [3.8, 4) is 11.6 Å². The first-order valence-corrected chi connectivity index (χ1v) is 11.4. The second-order valence-electron chi connectivity index (χ2n) is 8.00. The molecule has 1 atom stereocenters. The Balaban J connectivity index is 1.77. The third-order valence-corrected chi connectivity index (χ3v) is 5.61. The molecule has 0 aliphatic carbocycles. The van der Waals surface area contributed by atoms with Crippen LogP contribution in [-0.2, 0) is 11.3 Å². The molecule has 0 radical (unpaired) electrons. The summed E-state index contributed by atoms with van der Waals surface area (Å²) in [6, 6.07) is 18.6. The molecule has 4 aromatic rings. The summed E-state index contributed by atoms with van der Waals surface area (Å²) >= 11 is 0. The van der Waals surface area contributed by atoms with Gasteiger partial charge in [-0.3, -0.25) is 4.79 Å². The molecule has 1 heterocycles. The fourth-order valence-corrected chi connectivity index (χ4v) is 3.93. The molecule has 8 heteroatoms. The van der Waals surface area contributed by atoms with E-state index in [1.807, 2.05) is 37.3 Å². The van der Waals surface area contributed by atoms with Gasteiger partial charge in [0, 0.05) is 22.7 Å². The van der Waals surface area contributed by atoms with E-state index >= 15 is 4.39 Å². The number of fused-ring (bicyclic) bond motifs is 1. The Hall–Kier alpha value is -4.46. The second-order valence-corrected chi connectivity index (χ2v) is 8.00. The summed E-state index contributed by atoms with van der Waals surface area (Å²) in [5, 5.41) is 1.23. The molecule has 36 heavy (non-hydrogen) atoms. The molecule has 0 saturated carbocycles. The largest absolute Gasteiger partial charge is 0.488 e. The van der Waals surface area contributed by atoms with Crippen LogP contribution < -0.4 is 15.2 Å². The predicted molar refractivity (Wildman–Crippen MR) is 133 cm³/mol. The van der Waals surface area contributed by atoms with Gasteiger partial charge in [-0.15, -0.1) is 0 Å². The van der Waals surface area contributed by atoms with Crippen LogP contribution in [0.2, 0.25) is 0 Å². The molecule has 2 N–H and O–H groups in total. The minimum atomic E-state index is -1.01. The zero-order chi connectivity index (χ0) is 25.7. The molecule has 7 nitrogen and oxygen atoms in total. The van der Waals surface area contributed by atoms with Crippen molar-refractivity contribution in [3.63, 3.8) is 0 Å². The van der Waals surface area contributed by atoms with Gasteiger partial charge in [-0.1, -0.05) is 42.5 Å². The van der Waals surface area contributed by atoms with Gasteiger partial charge in [-0.2, -0.15) is 0 Å². The highest BCUT2D eigenvalue weighted by molar-refractivity contribution is 6.17. The first-order chi connectivity index (χ1) is 17.4. The number of benzene rings is 3. The smallest absolute Gasteiger partial charge is 0.405 e. The van der Waals surface area contributed by atoms with Gasteiger partial charge in [0.25, 0.3) is 0 Å². The maximum absolute atomic E-state index is 15.3. The summed E-state index contributed by atoms with van der Waals surface area (Å²) < 4.78 is 31.9. The highest BCUT2D eigenvalue weighted by Gasteiger charge is 2.24. The molecule has 184 valence electrons. The van der Waals surface area contributed by atoms with Crippen molar-refractivity contribution in [2.75, 3.05) is 6.61 Å². The van der Waals surface area contributed by atoms with E-state index in [2.05, 4.69) is 4.98 Å². The number of rotatable bonds is 9. The predicted octanol–water partition coefficient (Wildman–Crippen LogP) is 5.74. The van der Waals surface area contributed by atoms with Gasteiger partial charge in [0.15, 0.2) is 5.78 Å². The van der Waals surface area contributed by atoms with Crippen LogP contribution in [0.25, 0.3) is 10.8 Å². The quantitative estimate of drug-likeness (QED) is 0.302. The van der Waals surface area contributed by atoms with Crippen molar-refractivity contribution in [2.45, 2.75) is 26.6 Å². The van der Waals surface area contributed by atoms with E-state index in [0.717, 1.165) is 11.6 Å². The van der Waals surface area contributed by atoms with Crippen LogP contribution in [0.1, 0.15) is 47.0 Å². The monoisotopic (exact) mass is 488 g/mol. The number of nitrogens with two attached hydrogens (primary N) is 1. The molecule has 4 rings (SSSR count). The summed E-state index contributed by atoms with van der Waals surface area (Å²) in [4.78, 5) is 29.1. The molecule has 3 aromatic carbocycles. The number of ketones is 1. The standard InChI is InChI=1S/C28H25FN2O5/c1-3-34-27-21-11-7-10-20(19(21)12-13-31-27)26(32)23-15-25(35-16-18-8-5-4-6-9-18)22(14-24(23)29)17(2)36-28(30)33/h4-15,17H,3,16H2,1-2H3,(H2,30,33). The Labute approximate surface area is 207 Å². The van der Waals surface area contributed by atoms with Gasteiger partial charge < -0.3 is 19.9 Å². The summed E-state index contributed by atoms with van der Waals surface area (Å²) in [5.41, 5.74) is 6.38. The molecule has 0 aliphatic rings. The minimum absolute atomic E-state index is 0.161. The highest BCUT2D eigenvalue weighted by atomic mass is 19.1. The molecule has 0 aliphatic heterocycles. The van der Waals surface area contributed by atoms with Crippen molar-refractivity contribution >= 4 is 22.6 Å². The first kappa shape index (κ1) is 24.7. The van der Waals surface area contributed by atoms with Crippen LogP contribution in [0.3, 0.4) is 0 Å². The van der Waals surface area contributed by atoms with E-state index in [1.165, 1.54) is 6.07 Å². The van der Waals surface area contributed by atoms with E-state index in [0.29, 0.717) is 23.3 Å². The van der Waals surface area contributed by atoms with Crippen LogP contribution in [-0.4, -0.2) is 23.5 Å². The van der Waals surface area contributed by atoms with E-state index in [4.69, 9.17) is 19.9 Å². The van der Waals surface area contributed by atoms with Gasteiger partial charge in [0.1, 0.15) is 24.3 Å². The molecular formula is C28H25FN2O5. The fraction of sp³-hybridized carbons (Fsp3) is 0.179. The Bertz CT molecular complexity index is 1410. The van der Waals surface area contributed by atoms with Crippen molar-refractivity contribution in [3.05, 3.63) is 101 Å². The number of aromatic nitrogens is 1. The Morgan fingerprint density at radius 1 is 0.972 bits per heavy atom. The molecule has 0 spiro atoms. The van der Waals surface area contributed by atoms with Crippen LogP contribution in [0.15, 0.2) is 72.9 Å². The molecule has 1 unspecified atom stereocenters. The normalized spacial score (nSPS) is 11.6. The third kappa shape index (κ3) is 5.27. The number of carbonyl (C=O) groups excluding carboxylic acids is 2. The van der Waals surface area contributed by atoms with Crippen LogP contribution >= 0.6 is 0 Å². The first-order valence-electron chi connectivity index (χ1n) is 11.4. The lowest BCUT2D eigenvalue weighted by atomic mass is 9.95. The number of primary amides is 1. The average Bonchev–Trinajstić information content (AvgIpc) is 2.87. The number of hydrogen-bond acceptors (Lipinski definition) is 6. The van der Waals surface area contributed by atoms with Crippen LogP contribution in [0, 0.1) is 5.82 Å². The number of amides is 1. The van der Waals surface area contributed by atoms with Crippen molar-refractivity contribution < 1.29 is 28.2 Å². The zero-order valence-electron chi connectivity index (χ0n) is 19.9. The second kappa shape index (κ2) is 10.9. The summed E-state index contributed by atoms with van der Waals surface area (Å²) in [6.07, 6.45) is -0.364. The Morgan fingerprint density at radius 3 is 2.47 bits per heavy atom. The van der Waals surface area contributed by atoms with Gasteiger partial charge in [0.05, 0.1) is 12.2 Å². The van der Waals surface area contributed by atoms with Crippen molar-refractivity contribution in [2.24, 2.45) is 5.73 Å². The molecular weight excluding hydrogens is 463 g/mol. The van der Waals surface area contributed by atoms with Gasteiger partial charge >= 0.3 is 6.09 Å². The van der Waals surface area contributed by atoms with Gasteiger partial charge in [-0.05, 0) is 49.1 Å². The third-order valence-electron chi connectivity index (χ3n) is 5.61. The number of nitrogens with zero attached hydrogens (tertiary/aromatic N) is 1. The molecule has 0 bridgehead atoms. The lowest BCUT2D eigenvalue weighted by Gasteiger charge is -2.19. The number of ether oxygens (including phenoxy) is 3. The van der Waals surface area contributed by atoms with Crippen LogP contribution in [0.4, 0.5) is 9.18 Å². The lowest BCUT2D eigenvalue weighted by molar-refractivity contribution is 0.103. The summed E-state index contributed by atoms with van der Waals surface area (Å²) in [5.74, 6) is -0.719. The van der Waals surface area contributed by atoms with Gasteiger partial charge in [0.2, 0.25) is 5.88 Å². The average molecular weight is 489 g/mol. The summed E-state index contributed by atoms with van der Waals surface area (Å²) in [7, 11) is 0. The Morgan fingerprint density at radius 2 is 1.75 bits per heavy atom. The van der Waals surface area contributed by atoms with Crippen molar-refractivity contribution in [1.82, 2.24) is 4.98 Å². The molecule has 0 fully saturated rings. The number of hydrogen-bond donors (Lipinski definition) is 1.